The first kappa shape index (κ1) is 31.8. The fourth-order valence-electron chi connectivity index (χ4n) is 8.38. The number of para-hydroxylation sites is 3. The Morgan fingerprint density at radius 2 is 1.07 bits per heavy atom. The standard InChI is InChI=1S/C52H38N2/c1-3-16-38(17-4-1)48-36-40(45-23-9-12-27-49(45)54-50-28-13-10-24-46(50)47-25-11-14-29-51(47)54)32-35-52(48)53(41-20-5-2-6-21-41)42-33-30-39(31-34-42)44-26-15-19-37-18-7-8-22-43(37)44/h1-13,15-28,30-36H,14,29H2. The molecule has 0 bridgehead atoms. The van der Waals surface area contributed by atoms with Gasteiger partial charge < -0.3 is 9.47 Å². The second-order valence-electron chi connectivity index (χ2n) is 14.0. The molecule has 0 unspecified atom stereocenters. The number of nitrogens with zero attached hydrogens (tertiary/aromatic N) is 2. The molecule has 0 amide bonds. The first-order valence-corrected chi connectivity index (χ1v) is 18.8. The largest absolute Gasteiger partial charge is 0.312 e. The molecular formula is C52H38N2. The highest BCUT2D eigenvalue weighted by Gasteiger charge is 2.22. The van der Waals surface area contributed by atoms with Crippen molar-refractivity contribution in [2.75, 3.05) is 4.90 Å². The molecule has 0 fully saturated rings. The molecule has 0 atom stereocenters. The molecule has 0 saturated carbocycles. The highest BCUT2D eigenvalue weighted by atomic mass is 15.1. The van der Waals surface area contributed by atoms with Crippen molar-refractivity contribution >= 4 is 44.8 Å². The van der Waals surface area contributed by atoms with Crippen molar-refractivity contribution in [2.45, 2.75) is 12.8 Å². The summed E-state index contributed by atoms with van der Waals surface area (Å²) in [5, 5.41) is 3.82. The number of anilines is 3. The van der Waals surface area contributed by atoms with Gasteiger partial charge in [-0.05, 0) is 94.4 Å². The van der Waals surface area contributed by atoms with Crippen LogP contribution in [0.5, 0.6) is 0 Å². The lowest BCUT2D eigenvalue weighted by Gasteiger charge is -2.29. The fourth-order valence-corrected chi connectivity index (χ4v) is 8.38. The molecular weight excluding hydrogens is 653 g/mol. The van der Waals surface area contributed by atoms with Crippen LogP contribution in [0.4, 0.5) is 17.1 Å². The summed E-state index contributed by atoms with van der Waals surface area (Å²) in [4.78, 5) is 2.40. The molecule has 0 saturated heterocycles. The Balaban J connectivity index is 1.14. The van der Waals surface area contributed by atoms with Crippen molar-refractivity contribution in [3.05, 3.63) is 211 Å². The van der Waals surface area contributed by atoms with Crippen LogP contribution >= 0.6 is 0 Å². The van der Waals surface area contributed by atoms with Crippen LogP contribution in [0.2, 0.25) is 0 Å². The van der Waals surface area contributed by atoms with Gasteiger partial charge >= 0.3 is 0 Å². The normalized spacial score (nSPS) is 12.2. The Bertz CT molecular complexity index is 2800. The molecule has 0 aliphatic heterocycles. The Labute approximate surface area is 316 Å². The molecule has 2 heteroatoms. The van der Waals surface area contributed by atoms with Crippen LogP contribution in [-0.4, -0.2) is 4.57 Å². The molecule has 2 nitrogen and oxygen atoms in total. The van der Waals surface area contributed by atoms with E-state index in [2.05, 4.69) is 216 Å². The topological polar surface area (TPSA) is 8.17 Å². The maximum absolute atomic E-state index is 2.51. The molecule has 1 aliphatic rings. The maximum Gasteiger partial charge on any atom is 0.0540 e. The summed E-state index contributed by atoms with van der Waals surface area (Å²) < 4.78 is 2.51. The van der Waals surface area contributed by atoms with Gasteiger partial charge in [0.2, 0.25) is 0 Å². The van der Waals surface area contributed by atoms with E-state index in [0.717, 1.165) is 29.9 Å². The number of aromatic nitrogens is 1. The van der Waals surface area contributed by atoms with E-state index in [1.807, 2.05) is 0 Å². The number of hydrogen-bond donors (Lipinski definition) is 0. The van der Waals surface area contributed by atoms with E-state index < -0.39 is 0 Å². The highest BCUT2D eigenvalue weighted by Crippen LogP contribution is 2.45. The zero-order chi connectivity index (χ0) is 35.8. The monoisotopic (exact) mass is 690 g/mol. The highest BCUT2D eigenvalue weighted by molar-refractivity contribution is 5.98. The molecule has 1 heterocycles. The smallest absolute Gasteiger partial charge is 0.0540 e. The SMILES string of the molecule is C1=Cc2c(n(-c3ccccc3-c3ccc(N(c4ccccc4)c4ccc(-c5cccc6ccccc56)cc4)c(-c4ccccc4)c3)c3ccccc23)CC1. The van der Waals surface area contributed by atoms with Crippen molar-refractivity contribution in [1.29, 1.82) is 0 Å². The van der Waals surface area contributed by atoms with E-state index >= 15 is 0 Å². The van der Waals surface area contributed by atoms with E-state index in [1.165, 1.54) is 72.0 Å². The van der Waals surface area contributed by atoms with Crippen LogP contribution in [-0.2, 0) is 6.42 Å². The molecule has 0 N–H and O–H groups in total. The summed E-state index contributed by atoms with van der Waals surface area (Å²) in [6.45, 7) is 0. The number of allylic oxidation sites excluding steroid dienone is 1. The summed E-state index contributed by atoms with van der Waals surface area (Å²) in [6.07, 6.45) is 6.70. The Morgan fingerprint density at radius 1 is 0.444 bits per heavy atom. The molecule has 10 rings (SSSR count). The minimum atomic E-state index is 1.02. The quantitative estimate of drug-likeness (QED) is 0.162. The van der Waals surface area contributed by atoms with Gasteiger partial charge in [0.05, 0.1) is 16.9 Å². The van der Waals surface area contributed by atoms with Gasteiger partial charge in [-0.25, -0.2) is 0 Å². The average Bonchev–Trinajstić information content (AvgIpc) is 3.59. The third-order valence-corrected chi connectivity index (χ3v) is 10.9. The predicted molar refractivity (Wildman–Crippen MR) is 229 cm³/mol. The lowest BCUT2D eigenvalue weighted by atomic mass is 9.94. The van der Waals surface area contributed by atoms with E-state index in [1.54, 1.807) is 0 Å². The zero-order valence-electron chi connectivity index (χ0n) is 29.9. The predicted octanol–water partition coefficient (Wildman–Crippen LogP) is 14.2. The summed E-state index contributed by atoms with van der Waals surface area (Å²) in [5.41, 5.74) is 15.7. The van der Waals surface area contributed by atoms with E-state index in [9.17, 15) is 0 Å². The second-order valence-corrected chi connectivity index (χ2v) is 14.0. The first-order chi connectivity index (χ1) is 26.8. The summed E-state index contributed by atoms with van der Waals surface area (Å²) >= 11 is 0. The first-order valence-electron chi connectivity index (χ1n) is 18.8. The van der Waals surface area contributed by atoms with Crippen LogP contribution in [0.25, 0.3) is 66.8 Å². The Hall–Kier alpha value is -6.90. The van der Waals surface area contributed by atoms with Gasteiger partial charge in [-0.15, -0.1) is 0 Å². The number of rotatable bonds is 7. The summed E-state index contributed by atoms with van der Waals surface area (Å²) in [7, 11) is 0. The Kier molecular flexibility index (Phi) is 8.00. The maximum atomic E-state index is 2.51. The van der Waals surface area contributed by atoms with Crippen LogP contribution in [0.3, 0.4) is 0 Å². The van der Waals surface area contributed by atoms with Crippen molar-refractivity contribution in [2.24, 2.45) is 0 Å². The lowest BCUT2D eigenvalue weighted by Crippen LogP contribution is -2.11. The van der Waals surface area contributed by atoms with Gasteiger partial charge in [-0.1, -0.05) is 158 Å². The summed E-state index contributed by atoms with van der Waals surface area (Å²) in [6, 6.07) is 70.5. The van der Waals surface area contributed by atoms with E-state index in [4.69, 9.17) is 0 Å². The zero-order valence-corrected chi connectivity index (χ0v) is 29.9. The molecule has 1 aromatic heterocycles. The Morgan fingerprint density at radius 3 is 1.93 bits per heavy atom. The molecule has 256 valence electrons. The number of hydrogen-bond acceptors (Lipinski definition) is 1. The average molecular weight is 691 g/mol. The third kappa shape index (κ3) is 5.52. The van der Waals surface area contributed by atoms with Gasteiger partial charge in [-0.2, -0.15) is 0 Å². The van der Waals surface area contributed by atoms with Gasteiger partial charge in [-0.3, -0.25) is 0 Å². The minimum Gasteiger partial charge on any atom is -0.312 e. The van der Waals surface area contributed by atoms with E-state index in [0.29, 0.717) is 0 Å². The number of fused-ring (bicyclic) bond motifs is 4. The van der Waals surface area contributed by atoms with Crippen LogP contribution < -0.4 is 4.90 Å². The van der Waals surface area contributed by atoms with Gasteiger partial charge in [0.1, 0.15) is 0 Å². The molecule has 1 aliphatic carbocycles. The number of benzene rings is 8. The van der Waals surface area contributed by atoms with Crippen molar-refractivity contribution in [3.8, 4) is 39.1 Å². The van der Waals surface area contributed by atoms with Gasteiger partial charge in [0, 0.05) is 39.1 Å². The fraction of sp³-hybridized carbons (Fsp3) is 0.0385. The minimum absolute atomic E-state index is 1.02. The molecule has 0 radical (unpaired) electrons. The van der Waals surface area contributed by atoms with E-state index in [-0.39, 0.29) is 0 Å². The van der Waals surface area contributed by atoms with Crippen LogP contribution in [0, 0.1) is 0 Å². The van der Waals surface area contributed by atoms with Gasteiger partial charge in [0.25, 0.3) is 0 Å². The molecule has 54 heavy (non-hydrogen) atoms. The lowest BCUT2D eigenvalue weighted by molar-refractivity contribution is 0.889. The molecule has 8 aromatic carbocycles. The van der Waals surface area contributed by atoms with Crippen molar-refractivity contribution < 1.29 is 0 Å². The van der Waals surface area contributed by atoms with Crippen molar-refractivity contribution in [1.82, 2.24) is 4.57 Å². The molecule has 9 aromatic rings. The van der Waals surface area contributed by atoms with Gasteiger partial charge in [0.15, 0.2) is 0 Å². The second kappa shape index (κ2) is 13.6. The van der Waals surface area contributed by atoms with Crippen LogP contribution in [0.1, 0.15) is 17.7 Å². The van der Waals surface area contributed by atoms with Crippen LogP contribution in [0.15, 0.2) is 200 Å². The third-order valence-electron chi connectivity index (χ3n) is 10.9. The van der Waals surface area contributed by atoms with Crippen molar-refractivity contribution in [3.63, 3.8) is 0 Å². The summed E-state index contributed by atoms with van der Waals surface area (Å²) in [5.74, 6) is 0. The molecule has 0 spiro atoms.